The molecule has 42 heavy (non-hydrogen) atoms. The Morgan fingerprint density at radius 1 is 1.14 bits per heavy atom. The van der Waals surface area contributed by atoms with Crippen molar-refractivity contribution in [3.8, 4) is 5.75 Å². The monoisotopic (exact) mass is 597 g/mol. The topological polar surface area (TPSA) is 90.4 Å². The molecule has 4 rings (SSSR count). The second kappa shape index (κ2) is 12.8. The van der Waals surface area contributed by atoms with Gasteiger partial charge in [-0.1, -0.05) is 32.9 Å². The summed E-state index contributed by atoms with van der Waals surface area (Å²) >= 11 is 1.65. The van der Waals surface area contributed by atoms with Crippen molar-refractivity contribution in [2.75, 3.05) is 31.2 Å². The van der Waals surface area contributed by atoms with Gasteiger partial charge in [0, 0.05) is 30.1 Å². The molecule has 3 fully saturated rings. The lowest BCUT2D eigenvalue weighted by molar-refractivity contribution is -0.147. The number of nitrogens with zero attached hydrogens (tertiary/aromatic N) is 3. The van der Waals surface area contributed by atoms with Crippen molar-refractivity contribution in [2.45, 2.75) is 76.1 Å². The summed E-state index contributed by atoms with van der Waals surface area (Å²) in [6, 6.07) is 5.97. The third-order valence-electron chi connectivity index (χ3n) is 9.29. The summed E-state index contributed by atoms with van der Waals surface area (Å²) in [5, 5.41) is 10.4. The molecular formula is C33H47N3O5S. The van der Waals surface area contributed by atoms with Crippen molar-refractivity contribution >= 4 is 35.2 Å². The fourth-order valence-corrected chi connectivity index (χ4v) is 9.77. The summed E-state index contributed by atoms with van der Waals surface area (Å²) in [5.41, 5.74) is 0.709. The highest BCUT2D eigenvalue weighted by molar-refractivity contribution is 8.02. The normalized spacial score (nSPS) is 28.6. The molecule has 9 heteroatoms. The smallest absolute Gasteiger partial charge is 0.247 e. The number of hydrogen-bond acceptors (Lipinski definition) is 6. The van der Waals surface area contributed by atoms with Crippen LogP contribution < -0.4 is 9.64 Å². The van der Waals surface area contributed by atoms with Crippen LogP contribution in [0.5, 0.6) is 5.75 Å². The number of amides is 3. The van der Waals surface area contributed by atoms with E-state index in [0.29, 0.717) is 25.4 Å². The lowest BCUT2D eigenvalue weighted by atomic mass is 9.65. The SMILES string of the molecule is C=CCN(C(=O)[C@@H]1[C@H]2C(=O)N([C@@H](CO)C(C)C)C(C(=O)N(CC=C)C(C)C)C23S[C@@H]1CC3C)c1ccc(OCC)cc1. The summed E-state index contributed by atoms with van der Waals surface area (Å²) in [4.78, 5) is 48.8. The van der Waals surface area contributed by atoms with E-state index in [1.807, 2.05) is 58.9 Å². The van der Waals surface area contributed by atoms with E-state index in [2.05, 4.69) is 20.1 Å². The van der Waals surface area contributed by atoms with Gasteiger partial charge in [0.15, 0.2) is 0 Å². The average molecular weight is 598 g/mol. The van der Waals surface area contributed by atoms with Gasteiger partial charge >= 0.3 is 0 Å². The molecule has 2 bridgehead atoms. The largest absolute Gasteiger partial charge is 0.494 e. The Kier molecular flexibility index (Phi) is 9.82. The van der Waals surface area contributed by atoms with Gasteiger partial charge in [0.05, 0.1) is 35.8 Å². The number of aliphatic hydroxyl groups is 1. The van der Waals surface area contributed by atoms with E-state index in [4.69, 9.17) is 4.74 Å². The quantitative estimate of drug-likeness (QED) is 0.340. The summed E-state index contributed by atoms with van der Waals surface area (Å²) < 4.78 is 4.83. The fraction of sp³-hybridized carbons (Fsp3) is 0.606. The van der Waals surface area contributed by atoms with Crippen molar-refractivity contribution in [2.24, 2.45) is 23.7 Å². The number of benzene rings is 1. The van der Waals surface area contributed by atoms with Crippen LogP contribution >= 0.6 is 11.8 Å². The number of ether oxygens (including phenoxy) is 1. The highest BCUT2D eigenvalue weighted by Crippen LogP contribution is 2.69. The molecule has 3 aliphatic rings. The average Bonchev–Trinajstić information content (AvgIpc) is 3.54. The summed E-state index contributed by atoms with van der Waals surface area (Å²) in [5.74, 6) is -1.06. The van der Waals surface area contributed by atoms with E-state index in [-0.39, 0.29) is 47.5 Å². The third kappa shape index (κ3) is 5.17. The van der Waals surface area contributed by atoms with Gasteiger partial charge in [-0.05, 0) is 63.3 Å². The van der Waals surface area contributed by atoms with Crippen molar-refractivity contribution in [1.29, 1.82) is 0 Å². The first-order valence-electron chi connectivity index (χ1n) is 15.2. The summed E-state index contributed by atoms with van der Waals surface area (Å²) in [6.45, 7) is 20.6. The van der Waals surface area contributed by atoms with Crippen molar-refractivity contribution in [1.82, 2.24) is 9.80 Å². The van der Waals surface area contributed by atoms with Crippen LogP contribution in [0.25, 0.3) is 0 Å². The van der Waals surface area contributed by atoms with E-state index < -0.39 is 28.7 Å². The molecule has 0 radical (unpaired) electrons. The maximum Gasteiger partial charge on any atom is 0.247 e. The second-order valence-corrected chi connectivity index (χ2v) is 13.9. The first-order valence-corrected chi connectivity index (χ1v) is 16.0. The Morgan fingerprint density at radius 3 is 2.31 bits per heavy atom. The molecule has 3 aliphatic heterocycles. The Balaban J connectivity index is 1.81. The molecule has 1 N–H and O–H groups in total. The van der Waals surface area contributed by atoms with Gasteiger partial charge in [-0.3, -0.25) is 14.4 Å². The number of thioether (sulfide) groups is 1. The second-order valence-electron chi connectivity index (χ2n) is 12.3. The number of fused-ring (bicyclic) bond motifs is 1. The molecule has 230 valence electrons. The van der Waals surface area contributed by atoms with E-state index in [9.17, 15) is 19.5 Å². The third-order valence-corrected chi connectivity index (χ3v) is 11.4. The lowest BCUT2D eigenvalue weighted by Gasteiger charge is -2.43. The summed E-state index contributed by atoms with van der Waals surface area (Å²) in [6.07, 6.45) is 4.14. The Bertz CT molecular complexity index is 1190. The van der Waals surface area contributed by atoms with E-state index >= 15 is 0 Å². The Morgan fingerprint density at radius 2 is 1.79 bits per heavy atom. The molecule has 1 spiro atoms. The number of carbonyl (C=O) groups excluding carboxylic acids is 3. The number of carbonyl (C=O) groups is 3. The first-order chi connectivity index (χ1) is 20.0. The molecule has 0 saturated carbocycles. The molecule has 0 aromatic heterocycles. The minimum atomic E-state index is -0.780. The van der Waals surface area contributed by atoms with Gasteiger partial charge in [0.25, 0.3) is 0 Å². The Labute approximate surface area is 255 Å². The molecule has 0 aliphatic carbocycles. The molecule has 1 aromatic rings. The minimum Gasteiger partial charge on any atom is -0.494 e. The fourth-order valence-electron chi connectivity index (χ4n) is 7.37. The van der Waals surface area contributed by atoms with Gasteiger partial charge < -0.3 is 24.5 Å². The number of rotatable bonds is 13. The highest BCUT2D eigenvalue weighted by atomic mass is 32.2. The van der Waals surface area contributed by atoms with Gasteiger partial charge in [0.1, 0.15) is 11.8 Å². The first kappa shape index (κ1) is 32.1. The van der Waals surface area contributed by atoms with Crippen LogP contribution in [-0.2, 0) is 14.4 Å². The molecule has 3 unspecified atom stereocenters. The van der Waals surface area contributed by atoms with Crippen LogP contribution in [0.2, 0.25) is 0 Å². The van der Waals surface area contributed by atoms with Gasteiger partial charge in [-0.2, -0.15) is 0 Å². The molecule has 3 saturated heterocycles. The zero-order chi connectivity index (χ0) is 30.9. The zero-order valence-electron chi connectivity index (χ0n) is 25.9. The maximum absolute atomic E-state index is 14.6. The zero-order valence-corrected chi connectivity index (χ0v) is 26.7. The lowest BCUT2D eigenvalue weighted by Crippen LogP contribution is -2.60. The van der Waals surface area contributed by atoms with Crippen LogP contribution in [0.4, 0.5) is 5.69 Å². The van der Waals surface area contributed by atoms with Crippen LogP contribution in [0.1, 0.15) is 48.0 Å². The van der Waals surface area contributed by atoms with E-state index in [1.54, 1.807) is 38.6 Å². The predicted molar refractivity (Wildman–Crippen MR) is 168 cm³/mol. The van der Waals surface area contributed by atoms with Crippen LogP contribution in [0.15, 0.2) is 49.6 Å². The van der Waals surface area contributed by atoms with Crippen molar-refractivity contribution in [3.05, 3.63) is 49.6 Å². The van der Waals surface area contributed by atoms with Crippen LogP contribution in [0, 0.1) is 23.7 Å². The molecule has 1 aromatic carbocycles. The van der Waals surface area contributed by atoms with E-state index in [1.165, 1.54) is 0 Å². The van der Waals surface area contributed by atoms with Crippen molar-refractivity contribution < 1.29 is 24.2 Å². The van der Waals surface area contributed by atoms with Crippen LogP contribution in [-0.4, -0.2) is 87.1 Å². The van der Waals surface area contributed by atoms with Crippen LogP contribution in [0.3, 0.4) is 0 Å². The number of hydrogen-bond donors (Lipinski definition) is 1. The standard InChI is InChI=1S/C33H47N3O5S/c1-9-16-34(21(6)7)32(40)29-33-22(8)18-26(42-33)27(28(33)31(39)36(29)25(19-37)20(4)5)30(38)35(17-10-2)23-12-14-24(15-13-23)41-11-3/h9-10,12-15,20-22,25-29,37H,1-2,11,16-19H2,3-8H3/t22?,25-,26+,27-,28-,29?,33?/m0/s1. The molecule has 7 atom stereocenters. The predicted octanol–water partition coefficient (Wildman–Crippen LogP) is 4.38. The van der Waals surface area contributed by atoms with E-state index in [0.717, 1.165) is 12.2 Å². The van der Waals surface area contributed by atoms with Gasteiger partial charge in [0.2, 0.25) is 17.7 Å². The number of anilines is 1. The van der Waals surface area contributed by atoms with Gasteiger partial charge in [-0.25, -0.2) is 0 Å². The molecule has 3 heterocycles. The molecule has 3 amide bonds. The number of likely N-dealkylation sites (tertiary alicyclic amines) is 1. The van der Waals surface area contributed by atoms with Crippen molar-refractivity contribution in [3.63, 3.8) is 0 Å². The van der Waals surface area contributed by atoms with Gasteiger partial charge in [-0.15, -0.1) is 24.9 Å². The Hall–Kier alpha value is -2.78. The summed E-state index contributed by atoms with van der Waals surface area (Å²) in [7, 11) is 0. The minimum absolute atomic E-state index is 0.0343. The highest BCUT2D eigenvalue weighted by Gasteiger charge is 2.77. The molecule has 8 nitrogen and oxygen atoms in total. The number of aliphatic hydroxyl groups excluding tert-OH is 1. The maximum atomic E-state index is 14.6. The molecular weight excluding hydrogens is 550 g/mol.